The SMILES string of the molecule is Cc1[nH]nc(N)c1N1CC(S(=O)(=O)F)CC1=O. The molecular formula is C8H11FN4O3S. The minimum Gasteiger partial charge on any atom is -0.380 e. The molecule has 0 aliphatic carbocycles. The number of nitrogens with zero attached hydrogens (tertiary/aromatic N) is 2. The molecule has 1 saturated heterocycles. The van der Waals surface area contributed by atoms with Gasteiger partial charge >= 0.3 is 10.2 Å². The van der Waals surface area contributed by atoms with Gasteiger partial charge in [0.15, 0.2) is 5.82 Å². The molecule has 1 amide bonds. The van der Waals surface area contributed by atoms with Crippen LogP contribution in [0, 0.1) is 6.92 Å². The number of aromatic amines is 1. The van der Waals surface area contributed by atoms with Gasteiger partial charge in [0.2, 0.25) is 5.91 Å². The quantitative estimate of drug-likeness (QED) is 0.711. The number of rotatable bonds is 2. The number of hydrogen-bond donors (Lipinski definition) is 2. The lowest BCUT2D eigenvalue weighted by atomic mass is 10.3. The molecule has 0 radical (unpaired) electrons. The standard InChI is InChI=1S/C8H11FN4O3S/c1-4-7(8(10)12-11-4)13-3-5(2-6(13)14)17(9,15)16/h5H,2-3H2,1H3,(H3,10,11,12). The van der Waals surface area contributed by atoms with Gasteiger partial charge in [0.25, 0.3) is 0 Å². The summed E-state index contributed by atoms with van der Waals surface area (Å²) in [6, 6.07) is 0. The summed E-state index contributed by atoms with van der Waals surface area (Å²) in [4.78, 5) is 12.8. The normalized spacial score (nSPS) is 21.2. The number of carbonyl (C=O) groups excluding carboxylic acids is 1. The molecule has 0 saturated carbocycles. The molecule has 1 aromatic rings. The maximum absolute atomic E-state index is 12.8. The zero-order valence-corrected chi connectivity index (χ0v) is 9.79. The molecule has 0 aromatic carbocycles. The predicted octanol–water partition coefficient (Wildman–Crippen LogP) is -0.295. The molecule has 9 heteroatoms. The number of nitrogens with one attached hydrogen (secondary N) is 1. The number of amides is 1. The van der Waals surface area contributed by atoms with E-state index in [-0.39, 0.29) is 18.8 Å². The third kappa shape index (κ3) is 1.97. The van der Waals surface area contributed by atoms with Crippen molar-refractivity contribution in [1.29, 1.82) is 0 Å². The topological polar surface area (TPSA) is 109 Å². The van der Waals surface area contributed by atoms with Crippen LogP contribution in [-0.4, -0.2) is 36.3 Å². The second-order valence-corrected chi connectivity index (χ2v) is 5.51. The fourth-order valence-corrected chi connectivity index (χ4v) is 2.53. The molecule has 1 fully saturated rings. The maximum Gasteiger partial charge on any atom is 0.307 e. The number of nitrogens with two attached hydrogens (primary N) is 1. The summed E-state index contributed by atoms with van der Waals surface area (Å²) in [6.45, 7) is 1.41. The van der Waals surface area contributed by atoms with E-state index in [1.54, 1.807) is 6.92 Å². The summed E-state index contributed by atoms with van der Waals surface area (Å²) in [5.41, 5.74) is 6.41. The lowest BCUT2D eigenvalue weighted by molar-refractivity contribution is -0.117. The van der Waals surface area contributed by atoms with Gasteiger partial charge in [-0.1, -0.05) is 0 Å². The zero-order valence-electron chi connectivity index (χ0n) is 8.97. The van der Waals surface area contributed by atoms with Crippen molar-refractivity contribution in [3.8, 4) is 0 Å². The van der Waals surface area contributed by atoms with Gasteiger partial charge in [-0.3, -0.25) is 9.89 Å². The third-order valence-corrected chi connectivity index (χ3v) is 3.81. The molecule has 1 aliphatic heterocycles. The zero-order chi connectivity index (χ0) is 12.8. The van der Waals surface area contributed by atoms with Gasteiger partial charge < -0.3 is 10.6 Å². The van der Waals surface area contributed by atoms with E-state index < -0.39 is 21.4 Å². The Labute approximate surface area is 97.0 Å². The number of aromatic nitrogens is 2. The molecule has 2 rings (SSSR count). The van der Waals surface area contributed by atoms with Gasteiger partial charge in [-0.25, -0.2) is 0 Å². The Morgan fingerprint density at radius 3 is 2.65 bits per heavy atom. The Hall–Kier alpha value is -1.64. The molecule has 17 heavy (non-hydrogen) atoms. The number of anilines is 2. The average Bonchev–Trinajstić information content (AvgIpc) is 2.70. The van der Waals surface area contributed by atoms with Gasteiger partial charge in [-0.2, -0.15) is 13.5 Å². The largest absolute Gasteiger partial charge is 0.380 e. The molecule has 0 bridgehead atoms. The van der Waals surface area contributed by atoms with Crippen LogP contribution in [0.15, 0.2) is 0 Å². The van der Waals surface area contributed by atoms with E-state index >= 15 is 0 Å². The van der Waals surface area contributed by atoms with Crippen LogP contribution in [0.25, 0.3) is 0 Å². The summed E-state index contributed by atoms with van der Waals surface area (Å²) < 4.78 is 34.3. The summed E-state index contributed by atoms with van der Waals surface area (Å²) >= 11 is 0. The van der Waals surface area contributed by atoms with E-state index in [4.69, 9.17) is 5.73 Å². The number of aryl methyl sites for hydroxylation is 1. The highest BCUT2D eigenvalue weighted by molar-refractivity contribution is 7.87. The Morgan fingerprint density at radius 2 is 2.24 bits per heavy atom. The van der Waals surface area contributed by atoms with E-state index in [1.807, 2.05) is 0 Å². The Bertz CT molecular complexity index is 548. The molecule has 1 aromatic heterocycles. The number of carbonyl (C=O) groups is 1. The van der Waals surface area contributed by atoms with Crippen LogP contribution >= 0.6 is 0 Å². The first-order valence-corrected chi connectivity index (χ1v) is 6.29. The molecule has 1 atom stereocenters. The van der Waals surface area contributed by atoms with Crippen LogP contribution in [0.2, 0.25) is 0 Å². The predicted molar refractivity (Wildman–Crippen MR) is 58.5 cm³/mol. The first-order chi connectivity index (χ1) is 7.80. The minimum atomic E-state index is -4.72. The average molecular weight is 262 g/mol. The van der Waals surface area contributed by atoms with Crippen molar-refractivity contribution in [1.82, 2.24) is 10.2 Å². The molecule has 1 unspecified atom stereocenters. The summed E-state index contributed by atoms with van der Waals surface area (Å²) in [5, 5.41) is 4.94. The summed E-state index contributed by atoms with van der Waals surface area (Å²) in [5.74, 6) is -0.389. The molecule has 2 heterocycles. The van der Waals surface area contributed by atoms with Crippen molar-refractivity contribution < 1.29 is 17.1 Å². The monoisotopic (exact) mass is 262 g/mol. The van der Waals surface area contributed by atoms with Crippen LogP contribution in [0.3, 0.4) is 0 Å². The van der Waals surface area contributed by atoms with E-state index in [0.717, 1.165) is 4.90 Å². The third-order valence-electron chi connectivity index (χ3n) is 2.70. The van der Waals surface area contributed by atoms with Crippen LogP contribution in [0.1, 0.15) is 12.1 Å². The lowest BCUT2D eigenvalue weighted by Gasteiger charge is -2.15. The van der Waals surface area contributed by atoms with Gasteiger partial charge in [-0.05, 0) is 6.92 Å². The molecule has 3 N–H and O–H groups in total. The van der Waals surface area contributed by atoms with Crippen molar-refractivity contribution in [2.75, 3.05) is 17.2 Å². The number of nitrogen functional groups attached to an aromatic ring is 1. The fraction of sp³-hybridized carbons (Fsp3) is 0.500. The molecule has 0 spiro atoms. The highest BCUT2D eigenvalue weighted by atomic mass is 32.3. The van der Waals surface area contributed by atoms with E-state index in [2.05, 4.69) is 10.2 Å². The van der Waals surface area contributed by atoms with Crippen molar-refractivity contribution in [2.45, 2.75) is 18.6 Å². The maximum atomic E-state index is 12.8. The van der Waals surface area contributed by atoms with Crippen LogP contribution < -0.4 is 10.6 Å². The summed E-state index contributed by atoms with van der Waals surface area (Å²) in [6.07, 6.45) is -0.372. The van der Waals surface area contributed by atoms with Crippen molar-refractivity contribution >= 4 is 27.6 Å². The second kappa shape index (κ2) is 3.69. The highest BCUT2D eigenvalue weighted by Crippen LogP contribution is 2.31. The van der Waals surface area contributed by atoms with E-state index in [9.17, 15) is 17.1 Å². The molecule has 94 valence electrons. The second-order valence-electron chi connectivity index (χ2n) is 3.89. The molecular weight excluding hydrogens is 251 g/mol. The fourth-order valence-electron chi connectivity index (χ4n) is 1.86. The number of hydrogen-bond acceptors (Lipinski definition) is 5. The Kier molecular flexibility index (Phi) is 2.57. The van der Waals surface area contributed by atoms with Crippen molar-refractivity contribution in [2.24, 2.45) is 0 Å². The van der Waals surface area contributed by atoms with Crippen molar-refractivity contribution in [3.05, 3.63) is 5.69 Å². The van der Waals surface area contributed by atoms with Crippen LogP contribution in [0.5, 0.6) is 0 Å². The van der Waals surface area contributed by atoms with Gasteiger partial charge in [0.1, 0.15) is 10.9 Å². The smallest absolute Gasteiger partial charge is 0.307 e. The van der Waals surface area contributed by atoms with Gasteiger partial charge in [0, 0.05) is 13.0 Å². The molecule has 7 nitrogen and oxygen atoms in total. The number of halogens is 1. The Balaban J connectivity index is 2.34. The van der Waals surface area contributed by atoms with Crippen LogP contribution in [0.4, 0.5) is 15.4 Å². The summed E-state index contributed by atoms with van der Waals surface area (Å²) in [7, 11) is -4.72. The lowest BCUT2D eigenvalue weighted by Crippen LogP contribution is -2.27. The highest BCUT2D eigenvalue weighted by Gasteiger charge is 2.40. The van der Waals surface area contributed by atoms with Gasteiger partial charge in [0.05, 0.1) is 5.69 Å². The minimum absolute atomic E-state index is 0.0905. The first kappa shape index (κ1) is 11.8. The molecule has 1 aliphatic rings. The van der Waals surface area contributed by atoms with Gasteiger partial charge in [-0.15, -0.1) is 3.89 Å². The van der Waals surface area contributed by atoms with Crippen LogP contribution in [-0.2, 0) is 15.0 Å². The van der Waals surface area contributed by atoms with E-state index in [0.29, 0.717) is 11.4 Å². The van der Waals surface area contributed by atoms with Crippen molar-refractivity contribution in [3.63, 3.8) is 0 Å². The number of H-pyrrole nitrogens is 1. The van der Waals surface area contributed by atoms with E-state index in [1.165, 1.54) is 0 Å². The Morgan fingerprint density at radius 1 is 1.59 bits per heavy atom. The first-order valence-electron chi connectivity index (χ1n) is 4.85.